The van der Waals surface area contributed by atoms with Gasteiger partial charge in [-0.05, 0) is 29.8 Å². The third-order valence-electron chi connectivity index (χ3n) is 4.57. The third kappa shape index (κ3) is 4.56. The van der Waals surface area contributed by atoms with E-state index >= 15 is 0 Å². The first-order valence-corrected chi connectivity index (χ1v) is 9.65. The normalized spacial score (nSPS) is 11.8. The molecule has 0 aliphatic rings. The average molecular weight is 425 g/mol. The number of fused-ring (bicyclic) bond motifs is 1. The Labute approximate surface area is 171 Å². The highest BCUT2D eigenvalue weighted by Crippen LogP contribution is 2.37. The quantitative estimate of drug-likeness (QED) is 0.473. The van der Waals surface area contributed by atoms with Gasteiger partial charge in [0, 0.05) is 24.9 Å². The van der Waals surface area contributed by atoms with Gasteiger partial charge in [0.05, 0.1) is 28.2 Å². The second-order valence-corrected chi connectivity index (χ2v) is 6.93. The summed E-state index contributed by atoms with van der Waals surface area (Å²) in [5, 5.41) is -0.358. The number of esters is 1. The van der Waals surface area contributed by atoms with Gasteiger partial charge >= 0.3 is 12.1 Å². The van der Waals surface area contributed by atoms with Crippen molar-refractivity contribution in [2.24, 2.45) is 0 Å². The zero-order valence-electron chi connectivity index (χ0n) is 16.0. The summed E-state index contributed by atoms with van der Waals surface area (Å²) in [5.41, 5.74) is 1.63. The van der Waals surface area contributed by atoms with Crippen molar-refractivity contribution < 1.29 is 22.7 Å². The van der Waals surface area contributed by atoms with Crippen molar-refractivity contribution in [2.75, 3.05) is 6.61 Å². The fourth-order valence-corrected chi connectivity index (χ4v) is 3.35. The van der Waals surface area contributed by atoms with Crippen LogP contribution >= 0.6 is 11.6 Å². The van der Waals surface area contributed by atoms with Gasteiger partial charge in [-0.1, -0.05) is 37.6 Å². The number of aromatic nitrogens is 2. The van der Waals surface area contributed by atoms with Gasteiger partial charge in [0.2, 0.25) is 0 Å². The van der Waals surface area contributed by atoms with E-state index in [1.54, 1.807) is 6.92 Å². The smallest absolute Gasteiger partial charge is 0.417 e. The number of alkyl halides is 3. The number of hydrogen-bond acceptors (Lipinski definition) is 3. The summed E-state index contributed by atoms with van der Waals surface area (Å²) in [6, 6.07) is 9.82. The average Bonchev–Trinajstić information content (AvgIpc) is 3.04. The van der Waals surface area contributed by atoms with Crippen LogP contribution in [-0.2, 0) is 28.5 Å². The standard InChI is InChI=1S/C21H20ClF3N2O2/c1-3-19-26-17-11-15(21(23,24)25)16(22)12-18(17)27(19)14-7-5-13(6-8-14)9-10-29-20(28)4-2/h5-8,11-12H,3-4,9-10H2,1-2H3. The minimum atomic E-state index is -4.54. The van der Waals surface area contributed by atoms with Crippen molar-refractivity contribution in [1.29, 1.82) is 0 Å². The van der Waals surface area contributed by atoms with Gasteiger partial charge < -0.3 is 4.74 Å². The predicted octanol–water partition coefficient (Wildman–Crippen LogP) is 5.76. The van der Waals surface area contributed by atoms with Gasteiger partial charge in [0.15, 0.2) is 0 Å². The van der Waals surface area contributed by atoms with E-state index in [0.29, 0.717) is 37.2 Å². The minimum Gasteiger partial charge on any atom is -0.465 e. The lowest BCUT2D eigenvalue weighted by molar-refractivity contribution is -0.143. The summed E-state index contributed by atoms with van der Waals surface area (Å²) in [5.74, 6) is 0.397. The summed E-state index contributed by atoms with van der Waals surface area (Å²) < 4.78 is 46.4. The number of ether oxygens (including phenoxy) is 1. The number of hydrogen-bond donors (Lipinski definition) is 0. The SMILES string of the molecule is CCC(=O)OCCc1ccc(-n2c(CC)nc3cc(C(F)(F)F)c(Cl)cc32)cc1. The van der Waals surface area contributed by atoms with E-state index in [1.165, 1.54) is 6.07 Å². The number of carbonyl (C=O) groups excluding carboxylic acids is 1. The summed E-state index contributed by atoms with van der Waals surface area (Å²) in [4.78, 5) is 15.6. The van der Waals surface area contributed by atoms with Gasteiger partial charge in [-0.2, -0.15) is 13.2 Å². The van der Waals surface area contributed by atoms with Crippen LogP contribution in [0.4, 0.5) is 13.2 Å². The Kier molecular flexibility index (Phi) is 6.17. The monoisotopic (exact) mass is 424 g/mol. The van der Waals surface area contributed by atoms with Crippen molar-refractivity contribution in [3.05, 3.63) is 58.4 Å². The molecular formula is C21H20ClF3N2O2. The van der Waals surface area contributed by atoms with Crippen molar-refractivity contribution in [1.82, 2.24) is 9.55 Å². The van der Waals surface area contributed by atoms with Crippen LogP contribution in [0.5, 0.6) is 0 Å². The molecule has 0 spiro atoms. The number of benzene rings is 2. The molecule has 4 nitrogen and oxygen atoms in total. The van der Waals surface area contributed by atoms with Gasteiger partial charge in [0.25, 0.3) is 0 Å². The van der Waals surface area contributed by atoms with Gasteiger partial charge in [-0.25, -0.2) is 4.98 Å². The van der Waals surface area contributed by atoms with E-state index in [9.17, 15) is 18.0 Å². The maximum atomic E-state index is 13.2. The number of carbonyl (C=O) groups is 1. The lowest BCUT2D eigenvalue weighted by Crippen LogP contribution is -2.06. The first-order chi connectivity index (χ1) is 13.7. The molecule has 1 heterocycles. The zero-order chi connectivity index (χ0) is 21.2. The highest BCUT2D eigenvalue weighted by molar-refractivity contribution is 6.32. The predicted molar refractivity (Wildman–Crippen MR) is 105 cm³/mol. The van der Waals surface area contributed by atoms with E-state index in [1.807, 2.05) is 35.8 Å². The maximum Gasteiger partial charge on any atom is 0.417 e. The summed E-state index contributed by atoms with van der Waals surface area (Å²) in [6.07, 6.45) is -3.07. The molecule has 2 aromatic carbocycles. The Morgan fingerprint density at radius 3 is 2.45 bits per heavy atom. The second-order valence-electron chi connectivity index (χ2n) is 6.53. The molecule has 0 N–H and O–H groups in total. The maximum absolute atomic E-state index is 13.2. The van der Waals surface area contributed by atoms with Crippen LogP contribution in [0.1, 0.15) is 37.2 Å². The van der Waals surface area contributed by atoms with Crippen LogP contribution in [-0.4, -0.2) is 22.1 Å². The van der Waals surface area contributed by atoms with Crippen LogP contribution in [0, 0.1) is 0 Å². The van der Waals surface area contributed by atoms with Crippen molar-refractivity contribution in [3.63, 3.8) is 0 Å². The van der Waals surface area contributed by atoms with Gasteiger partial charge in [-0.15, -0.1) is 0 Å². The lowest BCUT2D eigenvalue weighted by Gasteiger charge is -2.12. The van der Waals surface area contributed by atoms with E-state index in [-0.39, 0.29) is 16.5 Å². The molecular weight excluding hydrogens is 405 g/mol. The van der Waals surface area contributed by atoms with Crippen LogP contribution in [0.3, 0.4) is 0 Å². The number of imidazole rings is 1. The molecule has 0 unspecified atom stereocenters. The van der Waals surface area contributed by atoms with E-state index in [2.05, 4.69) is 4.98 Å². The molecule has 1 aromatic heterocycles. The molecule has 0 saturated carbocycles. The Balaban J connectivity index is 1.94. The Morgan fingerprint density at radius 1 is 1.17 bits per heavy atom. The molecule has 0 bridgehead atoms. The first-order valence-electron chi connectivity index (χ1n) is 9.27. The first kappa shape index (κ1) is 21.2. The minimum absolute atomic E-state index is 0.241. The largest absolute Gasteiger partial charge is 0.465 e. The topological polar surface area (TPSA) is 44.1 Å². The molecule has 0 fully saturated rings. The number of nitrogens with zero attached hydrogens (tertiary/aromatic N) is 2. The Bertz CT molecular complexity index is 1030. The number of rotatable bonds is 6. The molecule has 0 amide bonds. The highest BCUT2D eigenvalue weighted by Gasteiger charge is 2.34. The highest BCUT2D eigenvalue weighted by atomic mass is 35.5. The second kappa shape index (κ2) is 8.45. The molecule has 0 atom stereocenters. The Morgan fingerprint density at radius 2 is 1.86 bits per heavy atom. The van der Waals surface area contributed by atoms with Crippen LogP contribution < -0.4 is 0 Å². The van der Waals surface area contributed by atoms with Gasteiger partial charge in [0.1, 0.15) is 5.82 Å². The van der Waals surface area contributed by atoms with Crippen LogP contribution in [0.2, 0.25) is 5.02 Å². The third-order valence-corrected chi connectivity index (χ3v) is 4.88. The molecule has 29 heavy (non-hydrogen) atoms. The van der Waals surface area contributed by atoms with Gasteiger partial charge in [-0.3, -0.25) is 9.36 Å². The summed E-state index contributed by atoms with van der Waals surface area (Å²) >= 11 is 5.92. The molecule has 0 aliphatic carbocycles. The summed E-state index contributed by atoms with van der Waals surface area (Å²) in [7, 11) is 0. The zero-order valence-corrected chi connectivity index (χ0v) is 16.8. The molecule has 154 valence electrons. The summed E-state index contributed by atoms with van der Waals surface area (Å²) in [6.45, 7) is 3.93. The van der Waals surface area contributed by atoms with Crippen LogP contribution in [0.15, 0.2) is 36.4 Å². The fraction of sp³-hybridized carbons (Fsp3) is 0.333. The van der Waals surface area contributed by atoms with E-state index in [4.69, 9.17) is 16.3 Å². The lowest BCUT2D eigenvalue weighted by atomic mass is 10.1. The van der Waals surface area contributed by atoms with E-state index in [0.717, 1.165) is 17.3 Å². The molecule has 3 rings (SSSR count). The van der Waals surface area contributed by atoms with Crippen molar-refractivity contribution >= 4 is 28.6 Å². The molecule has 0 radical (unpaired) electrons. The molecule has 0 aliphatic heterocycles. The molecule has 8 heteroatoms. The molecule has 0 saturated heterocycles. The fourth-order valence-electron chi connectivity index (χ4n) is 3.09. The number of aryl methyl sites for hydroxylation is 1. The molecule has 3 aromatic rings. The number of halogens is 4. The van der Waals surface area contributed by atoms with Crippen LogP contribution in [0.25, 0.3) is 16.7 Å². The van der Waals surface area contributed by atoms with Crippen molar-refractivity contribution in [3.8, 4) is 5.69 Å². The van der Waals surface area contributed by atoms with E-state index < -0.39 is 11.7 Å². The van der Waals surface area contributed by atoms with Crippen molar-refractivity contribution in [2.45, 2.75) is 39.3 Å². The Hall–Kier alpha value is -2.54.